The molecule has 1 aromatic heterocycles. The molecule has 0 radical (unpaired) electrons. The molecule has 2 unspecified atom stereocenters. The van der Waals surface area contributed by atoms with Gasteiger partial charge in [0.1, 0.15) is 11.3 Å². The zero-order valence-corrected chi connectivity index (χ0v) is 12.5. The van der Waals surface area contributed by atoms with E-state index in [1.54, 1.807) is 13.2 Å². The van der Waals surface area contributed by atoms with Crippen molar-refractivity contribution >= 4 is 16.6 Å². The van der Waals surface area contributed by atoms with Crippen molar-refractivity contribution in [2.45, 2.75) is 44.8 Å². The number of aromatic nitrogens is 1. The number of nitrogens with zero attached hydrogens (tertiary/aromatic N) is 1. The van der Waals surface area contributed by atoms with Crippen molar-refractivity contribution in [2.75, 3.05) is 12.4 Å². The molecule has 1 saturated carbocycles. The second kappa shape index (κ2) is 5.98. The lowest BCUT2D eigenvalue weighted by Gasteiger charge is -2.30. The summed E-state index contributed by atoms with van der Waals surface area (Å²) >= 11 is 0. The Bertz CT molecular complexity index is 644. The predicted octanol–water partition coefficient (Wildman–Crippen LogP) is 4.05. The molecule has 3 nitrogen and oxygen atoms in total. The Balaban J connectivity index is 1.91. The van der Waals surface area contributed by atoms with Crippen LogP contribution < -0.4 is 5.32 Å². The van der Waals surface area contributed by atoms with Crippen LogP contribution in [0.15, 0.2) is 24.3 Å². The van der Waals surface area contributed by atoms with Crippen molar-refractivity contribution in [2.24, 2.45) is 0 Å². The minimum atomic E-state index is -0.266. The van der Waals surface area contributed by atoms with Crippen molar-refractivity contribution in [1.29, 1.82) is 0 Å². The van der Waals surface area contributed by atoms with Crippen molar-refractivity contribution in [3.05, 3.63) is 35.8 Å². The van der Waals surface area contributed by atoms with Gasteiger partial charge in [-0.2, -0.15) is 0 Å². The molecule has 0 saturated heterocycles. The molecule has 1 N–H and O–H groups in total. The van der Waals surface area contributed by atoms with Crippen LogP contribution in [0.1, 0.15) is 31.4 Å². The Morgan fingerprint density at radius 3 is 3.00 bits per heavy atom. The topological polar surface area (TPSA) is 34.1 Å². The first-order valence-electron chi connectivity index (χ1n) is 7.52. The number of anilines is 1. The molecule has 112 valence electrons. The lowest BCUT2D eigenvalue weighted by Crippen LogP contribution is -2.31. The first-order chi connectivity index (χ1) is 10.2. The number of benzene rings is 1. The molecule has 1 aromatic carbocycles. The maximum Gasteiger partial charge on any atom is 0.149 e. The molecule has 0 spiro atoms. The van der Waals surface area contributed by atoms with Crippen molar-refractivity contribution < 1.29 is 9.13 Å². The summed E-state index contributed by atoms with van der Waals surface area (Å²) < 4.78 is 19.4. The van der Waals surface area contributed by atoms with E-state index in [1.165, 1.54) is 6.07 Å². The van der Waals surface area contributed by atoms with Gasteiger partial charge in [0.25, 0.3) is 0 Å². The zero-order chi connectivity index (χ0) is 14.8. The minimum absolute atomic E-state index is 0.266. The summed E-state index contributed by atoms with van der Waals surface area (Å²) in [5, 5.41) is 4.42. The maximum atomic E-state index is 13.9. The Kier molecular flexibility index (Phi) is 4.06. The largest absolute Gasteiger partial charge is 0.382 e. The molecule has 21 heavy (non-hydrogen) atoms. The fraction of sp³-hybridized carbons (Fsp3) is 0.471. The van der Waals surface area contributed by atoms with Crippen molar-refractivity contribution in [1.82, 2.24) is 4.98 Å². The third-order valence-corrected chi connectivity index (χ3v) is 4.24. The van der Waals surface area contributed by atoms with E-state index in [9.17, 15) is 4.39 Å². The van der Waals surface area contributed by atoms with E-state index in [-0.39, 0.29) is 5.82 Å². The van der Waals surface area contributed by atoms with Crippen LogP contribution in [-0.2, 0) is 4.74 Å². The van der Waals surface area contributed by atoms with Crippen LogP contribution in [0.3, 0.4) is 0 Å². The van der Waals surface area contributed by atoms with Gasteiger partial charge in [0.2, 0.25) is 0 Å². The van der Waals surface area contributed by atoms with E-state index >= 15 is 0 Å². The summed E-state index contributed by atoms with van der Waals surface area (Å²) in [4.78, 5) is 4.32. The molecule has 0 bridgehead atoms. The van der Waals surface area contributed by atoms with Gasteiger partial charge < -0.3 is 10.1 Å². The molecule has 0 aliphatic heterocycles. The van der Waals surface area contributed by atoms with Gasteiger partial charge in [0.15, 0.2) is 0 Å². The summed E-state index contributed by atoms with van der Waals surface area (Å²) in [5.74, 6) is -0.266. The van der Waals surface area contributed by atoms with Crippen LogP contribution in [0.4, 0.5) is 10.1 Å². The summed E-state index contributed by atoms with van der Waals surface area (Å²) in [6.07, 6.45) is 4.72. The van der Waals surface area contributed by atoms with Crippen LogP contribution in [-0.4, -0.2) is 24.2 Å². The Morgan fingerprint density at radius 1 is 1.33 bits per heavy atom. The highest BCUT2D eigenvalue weighted by atomic mass is 19.1. The van der Waals surface area contributed by atoms with Crippen LogP contribution in [0.2, 0.25) is 0 Å². The molecule has 1 heterocycles. The average Bonchev–Trinajstić information content (AvgIpc) is 2.48. The van der Waals surface area contributed by atoms with Crippen LogP contribution in [0.25, 0.3) is 10.9 Å². The summed E-state index contributed by atoms with van der Waals surface area (Å²) in [7, 11) is 1.77. The highest BCUT2D eigenvalue weighted by molar-refractivity contribution is 5.91. The predicted molar refractivity (Wildman–Crippen MR) is 83.1 cm³/mol. The maximum absolute atomic E-state index is 13.9. The number of para-hydroxylation sites is 1. The van der Waals surface area contributed by atoms with E-state index in [0.717, 1.165) is 42.5 Å². The molecule has 1 fully saturated rings. The van der Waals surface area contributed by atoms with Gasteiger partial charge >= 0.3 is 0 Å². The fourth-order valence-corrected chi connectivity index (χ4v) is 3.17. The van der Waals surface area contributed by atoms with E-state index in [1.807, 2.05) is 19.1 Å². The first-order valence-corrected chi connectivity index (χ1v) is 7.52. The van der Waals surface area contributed by atoms with Crippen molar-refractivity contribution in [3.8, 4) is 0 Å². The summed E-state index contributed by atoms with van der Waals surface area (Å²) in [6.45, 7) is 1.90. The van der Waals surface area contributed by atoms with Gasteiger partial charge in [0.05, 0.1) is 6.10 Å². The number of rotatable bonds is 3. The molecule has 2 aromatic rings. The standard InChI is InChI=1S/C17H21FN2O/c1-11-9-16(14-7-4-8-15(18)17(14)19-11)20-12-5-3-6-13(10-12)21-2/h4,7-9,12-13H,3,5-6,10H2,1-2H3,(H,19,20). The third kappa shape index (κ3) is 3.00. The average molecular weight is 288 g/mol. The fourth-order valence-electron chi connectivity index (χ4n) is 3.17. The number of ether oxygens (including phenoxy) is 1. The van der Waals surface area contributed by atoms with Crippen LogP contribution in [0, 0.1) is 12.7 Å². The van der Waals surface area contributed by atoms with E-state index < -0.39 is 0 Å². The first kappa shape index (κ1) is 14.3. The lowest BCUT2D eigenvalue weighted by molar-refractivity contribution is 0.0669. The number of halogens is 1. The smallest absolute Gasteiger partial charge is 0.149 e. The normalized spacial score (nSPS) is 22.4. The number of hydrogen-bond acceptors (Lipinski definition) is 3. The van der Waals surface area contributed by atoms with Gasteiger partial charge in [-0.3, -0.25) is 0 Å². The molecular formula is C17H21FN2O. The van der Waals surface area contributed by atoms with E-state index in [2.05, 4.69) is 10.3 Å². The lowest BCUT2D eigenvalue weighted by atomic mass is 9.92. The number of pyridine rings is 1. The van der Waals surface area contributed by atoms with Crippen LogP contribution in [0.5, 0.6) is 0 Å². The van der Waals surface area contributed by atoms with Gasteiger partial charge in [0, 0.05) is 29.9 Å². The second-order valence-corrected chi connectivity index (χ2v) is 5.81. The highest BCUT2D eigenvalue weighted by Crippen LogP contribution is 2.29. The van der Waals surface area contributed by atoms with Gasteiger partial charge in [-0.05, 0) is 44.7 Å². The molecule has 0 amide bonds. The second-order valence-electron chi connectivity index (χ2n) is 5.81. The van der Waals surface area contributed by atoms with Gasteiger partial charge in [-0.25, -0.2) is 9.37 Å². The van der Waals surface area contributed by atoms with Gasteiger partial charge in [-0.1, -0.05) is 12.1 Å². The summed E-state index contributed by atoms with van der Waals surface area (Å²) in [6, 6.07) is 7.48. The molecule has 1 aliphatic rings. The number of aryl methyl sites for hydroxylation is 1. The zero-order valence-electron chi connectivity index (χ0n) is 12.5. The SMILES string of the molecule is COC1CCCC(Nc2cc(C)nc3c(F)cccc23)C1. The number of nitrogens with one attached hydrogen (secondary N) is 1. The number of methoxy groups -OCH3 is 1. The van der Waals surface area contributed by atoms with E-state index in [0.29, 0.717) is 17.7 Å². The number of fused-ring (bicyclic) bond motifs is 1. The molecule has 3 rings (SSSR count). The highest BCUT2D eigenvalue weighted by Gasteiger charge is 2.22. The third-order valence-electron chi connectivity index (χ3n) is 4.24. The van der Waals surface area contributed by atoms with E-state index in [4.69, 9.17) is 4.74 Å². The Morgan fingerprint density at radius 2 is 2.19 bits per heavy atom. The molecular weight excluding hydrogens is 267 g/mol. The van der Waals surface area contributed by atoms with Crippen LogP contribution >= 0.6 is 0 Å². The minimum Gasteiger partial charge on any atom is -0.382 e. The Labute approximate surface area is 124 Å². The quantitative estimate of drug-likeness (QED) is 0.925. The van der Waals surface area contributed by atoms with Crippen molar-refractivity contribution in [3.63, 3.8) is 0 Å². The molecule has 2 atom stereocenters. The monoisotopic (exact) mass is 288 g/mol. The number of hydrogen-bond donors (Lipinski definition) is 1. The van der Waals surface area contributed by atoms with Gasteiger partial charge in [-0.15, -0.1) is 0 Å². The molecule has 1 aliphatic carbocycles. The molecule has 4 heteroatoms. The Hall–Kier alpha value is -1.68. The summed E-state index contributed by atoms with van der Waals surface area (Å²) in [5.41, 5.74) is 2.24.